The molecule has 0 saturated heterocycles. The van der Waals surface area contributed by atoms with Crippen molar-refractivity contribution in [1.29, 1.82) is 0 Å². The Kier molecular flexibility index (Phi) is 2.61. The molecule has 6 nitrogen and oxygen atoms in total. The summed E-state index contributed by atoms with van der Waals surface area (Å²) in [5.41, 5.74) is 5.13. The average Bonchev–Trinajstić information content (AvgIpc) is 2.71. The van der Waals surface area contributed by atoms with E-state index in [9.17, 15) is 9.59 Å². The number of aromatic carboxylic acids is 1. The molecule has 0 aliphatic carbocycles. The van der Waals surface area contributed by atoms with E-state index in [1.54, 1.807) is 30.3 Å². The summed E-state index contributed by atoms with van der Waals surface area (Å²) in [4.78, 5) is 22.6. The maximum Gasteiger partial charge on any atom is 0.360 e. The number of benzene rings is 1. The summed E-state index contributed by atoms with van der Waals surface area (Å²) >= 11 is 0. The molecule has 1 heterocycles. The van der Waals surface area contributed by atoms with E-state index in [2.05, 4.69) is 9.68 Å². The van der Waals surface area contributed by atoms with Crippen molar-refractivity contribution in [2.24, 2.45) is 0 Å². The lowest BCUT2D eigenvalue weighted by molar-refractivity contribution is 0.0685. The molecule has 0 amide bonds. The number of aromatic nitrogens is 1. The zero-order chi connectivity index (χ0) is 12.4. The van der Waals surface area contributed by atoms with E-state index in [0.717, 1.165) is 0 Å². The fraction of sp³-hybridized carbons (Fsp3) is 0. The van der Waals surface area contributed by atoms with Gasteiger partial charge >= 0.3 is 5.97 Å². The van der Waals surface area contributed by atoms with Crippen LogP contribution in [0.4, 0.5) is 5.69 Å². The van der Waals surface area contributed by atoms with Crippen LogP contribution in [0.25, 0.3) is 0 Å². The highest BCUT2D eigenvalue weighted by atomic mass is 16.5. The van der Waals surface area contributed by atoms with Gasteiger partial charge in [-0.2, -0.15) is 0 Å². The van der Waals surface area contributed by atoms with Crippen molar-refractivity contribution in [3.05, 3.63) is 47.3 Å². The standard InChI is InChI=1S/C11H8N2O4/c12-7-8(11(15)16)13-17-10(7)9(14)6-4-2-1-3-5-6/h1-5H,12H2,(H,15,16). The van der Waals surface area contributed by atoms with Crippen LogP contribution in [0.1, 0.15) is 26.6 Å². The predicted octanol–water partition coefficient (Wildman–Crippen LogP) is 1.19. The molecule has 0 bridgehead atoms. The zero-order valence-electron chi connectivity index (χ0n) is 8.58. The minimum Gasteiger partial charge on any atom is -0.476 e. The van der Waals surface area contributed by atoms with E-state index in [-0.39, 0.29) is 11.4 Å². The molecule has 0 spiro atoms. The maximum absolute atomic E-state index is 11.9. The second-order valence-corrected chi connectivity index (χ2v) is 3.27. The number of nitrogen functional groups attached to an aromatic ring is 1. The first-order chi connectivity index (χ1) is 8.11. The van der Waals surface area contributed by atoms with E-state index < -0.39 is 17.4 Å². The number of carboxylic acid groups (broad SMARTS) is 1. The fourth-order valence-corrected chi connectivity index (χ4v) is 1.34. The number of anilines is 1. The van der Waals surface area contributed by atoms with Gasteiger partial charge in [-0.3, -0.25) is 4.79 Å². The summed E-state index contributed by atoms with van der Waals surface area (Å²) in [6, 6.07) is 8.26. The molecule has 0 saturated carbocycles. The lowest BCUT2D eigenvalue weighted by atomic mass is 10.1. The van der Waals surface area contributed by atoms with E-state index in [0.29, 0.717) is 5.56 Å². The Balaban J connectivity index is 2.42. The highest BCUT2D eigenvalue weighted by molar-refractivity contribution is 6.12. The molecule has 1 aromatic carbocycles. The van der Waals surface area contributed by atoms with Crippen LogP contribution in [0.3, 0.4) is 0 Å². The quantitative estimate of drug-likeness (QED) is 0.769. The molecule has 3 N–H and O–H groups in total. The number of nitrogens with two attached hydrogens (primary N) is 1. The van der Waals surface area contributed by atoms with Gasteiger partial charge in [0, 0.05) is 5.56 Å². The zero-order valence-corrected chi connectivity index (χ0v) is 8.58. The van der Waals surface area contributed by atoms with Crippen LogP contribution in [0.2, 0.25) is 0 Å². The third-order valence-electron chi connectivity index (χ3n) is 2.17. The first kappa shape index (κ1) is 10.9. The number of hydrogen-bond donors (Lipinski definition) is 2. The molecule has 0 atom stereocenters. The summed E-state index contributed by atoms with van der Waals surface area (Å²) < 4.78 is 4.67. The first-order valence-corrected chi connectivity index (χ1v) is 4.69. The summed E-state index contributed by atoms with van der Waals surface area (Å²) in [6.07, 6.45) is 0. The molecule has 0 unspecified atom stereocenters. The lowest BCUT2D eigenvalue weighted by Gasteiger charge is -1.96. The van der Waals surface area contributed by atoms with E-state index in [1.807, 2.05) is 0 Å². The largest absolute Gasteiger partial charge is 0.476 e. The minimum atomic E-state index is -1.33. The Morgan fingerprint density at radius 2 is 1.88 bits per heavy atom. The van der Waals surface area contributed by atoms with Crippen molar-refractivity contribution in [1.82, 2.24) is 5.16 Å². The average molecular weight is 232 g/mol. The van der Waals surface area contributed by atoms with Crippen LogP contribution in [0.15, 0.2) is 34.9 Å². The van der Waals surface area contributed by atoms with Crippen molar-refractivity contribution in [2.45, 2.75) is 0 Å². The highest BCUT2D eigenvalue weighted by Crippen LogP contribution is 2.20. The SMILES string of the molecule is Nc1c(C(=O)O)noc1C(=O)c1ccccc1. The molecule has 2 aromatic rings. The van der Waals surface area contributed by atoms with Crippen LogP contribution >= 0.6 is 0 Å². The maximum atomic E-state index is 11.9. The van der Waals surface area contributed by atoms with Gasteiger partial charge in [0.05, 0.1) is 0 Å². The number of ketones is 1. The molecule has 1 aromatic heterocycles. The molecule has 2 rings (SSSR count). The van der Waals surface area contributed by atoms with Crippen molar-refractivity contribution < 1.29 is 19.2 Å². The van der Waals surface area contributed by atoms with E-state index in [1.165, 1.54) is 0 Å². The topological polar surface area (TPSA) is 106 Å². The predicted molar refractivity (Wildman–Crippen MR) is 57.7 cm³/mol. The summed E-state index contributed by atoms with van der Waals surface area (Å²) in [6.45, 7) is 0. The summed E-state index contributed by atoms with van der Waals surface area (Å²) in [7, 11) is 0. The van der Waals surface area contributed by atoms with E-state index >= 15 is 0 Å². The number of rotatable bonds is 3. The molecule has 86 valence electrons. The smallest absolute Gasteiger partial charge is 0.360 e. The van der Waals surface area contributed by atoms with Gasteiger partial charge in [-0.1, -0.05) is 35.5 Å². The molecule has 0 aliphatic rings. The van der Waals surface area contributed by atoms with Crippen LogP contribution in [-0.4, -0.2) is 22.0 Å². The third-order valence-corrected chi connectivity index (χ3v) is 2.17. The van der Waals surface area contributed by atoms with Gasteiger partial charge in [0.15, 0.2) is 0 Å². The number of hydrogen-bond acceptors (Lipinski definition) is 5. The molecular weight excluding hydrogens is 224 g/mol. The summed E-state index contributed by atoms with van der Waals surface area (Å²) in [5, 5.41) is 12.0. The molecule has 17 heavy (non-hydrogen) atoms. The van der Waals surface area contributed by atoms with Gasteiger partial charge in [0.25, 0.3) is 0 Å². The van der Waals surface area contributed by atoms with Crippen LogP contribution in [0, 0.1) is 0 Å². The normalized spacial score (nSPS) is 10.1. The molecular formula is C11H8N2O4. The Labute approximate surface area is 95.6 Å². The van der Waals surface area contributed by atoms with E-state index in [4.69, 9.17) is 10.8 Å². The monoisotopic (exact) mass is 232 g/mol. The van der Waals surface area contributed by atoms with Gasteiger partial charge in [-0.15, -0.1) is 0 Å². The Bertz CT molecular complexity index is 574. The number of carbonyl (C=O) groups excluding carboxylic acids is 1. The molecule has 0 radical (unpaired) electrons. The number of nitrogens with zero attached hydrogens (tertiary/aromatic N) is 1. The van der Waals surface area contributed by atoms with Crippen molar-refractivity contribution in [3.8, 4) is 0 Å². The fourth-order valence-electron chi connectivity index (χ4n) is 1.34. The summed E-state index contributed by atoms with van der Waals surface area (Å²) in [5.74, 6) is -2.09. The molecule has 0 aliphatic heterocycles. The minimum absolute atomic E-state index is 0.256. The van der Waals surface area contributed by atoms with Gasteiger partial charge in [0.2, 0.25) is 17.2 Å². The van der Waals surface area contributed by atoms with Gasteiger partial charge in [-0.25, -0.2) is 4.79 Å². The second kappa shape index (κ2) is 4.09. The number of carboxylic acids is 1. The second-order valence-electron chi connectivity index (χ2n) is 3.27. The Morgan fingerprint density at radius 3 is 2.41 bits per heavy atom. The molecule has 0 fully saturated rings. The highest BCUT2D eigenvalue weighted by Gasteiger charge is 2.24. The van der Waals surface area contributed by atoms with Crippen molar-refractivity contribution in [2.75, 3.05) is 5.73 Å². The van der Waals surface area contributed by atoms with Crippen LogP contribution in [0.5, 0.6) is 0 Å². The molecule has 6 heteroatoms. The van der Waals surface area contributed by atoms with Crippen LogP contribution < -0.4 is 5.73 Å². The lowest BCUT2D eigenvalue weighted by Crippen LogP contribution is -2.06. The van der Waals surface area contributed by atoms with Crippen LogP contribution in [-0.2, 0) is 0 Å². The van der Waals surface area contributed by atoms with Crippen molar-refractivity contribution >= 4 is 17.4 Å². The number of carbonyl (C=O) groups is 2. The first-order valence-electron chi connectivity index (χ1n) is 4.69. The Morgan fingerprint density at radius 1 is 1.24 bits per heavy atom. The van der Waals surface area contributed by atoms with Gasteiger partial charge in [-0.05, 0) is 0 Å². The third kappa shape index (κ3) is 1.87. The Hall–Kier alpha value is -2.63. The van der Waals surface area contributed by atoms with Gasteiger partial charge in [0.1, 0.15) is 5.69 Å². The van der Waals surface area contributed by atoms with Gasteiger partial charge < -0.3 is 15.4 Å². The van der Waals surface area contributed by atoms with Crippen molar-refractivity contribution in [3.63, 3.8) is 0 Å².